The highest BCUT2D eigenvalue weighted by Crippen LogP contribution is 2.45. The van der Waals surface area contributed by atoms with Gasteiger partial charge in [-0.2, -0.15) is 0 Å². The summed E-state index contributed by atoms with van der Waals surface area (Å²) in [5.41, 5.74) is 15.1. The molecule has 10 aromatic carbocycles. The van der Waals surface area contributed by atoms with Crippen molar-refractivity contribution in [2.24, 2.45) is 0 Å². The second kappa shape index (κ2) is 16.0. The standard InChI is InChI=1S/C54H38.C4H10/c1-35-25-26-43(34-52(35)47-30-29-38-14-5-6-20-46(38)36(47)2)41-17-12-19-45(33-41)54-50-23-9-7-21-48(50)53(49-22-8-10-24-51(49)54)44-18-11-16-40(32-44)42-28-27-37-13-3-4-15-39(37)31-42;1-3-4-2/h3-34H,1-2H3;3-4H2,1-2H3. The summed E-state index contributed by atoms with van der Waals surface area (Å²) in [6.45, 7) is 8.84. The van der Waals surface area contributed by atoms with E-state index in [9.17, 15) is 0 Å². The molecule has 10 rings (SSSR count). The van der Waals surface area contributed by atoms with Crippen molar-refractivity contribution in [3.8, 4) is 55.6 Å². The molecule has 0 aliphatic rings. The van der Waals surface area contributed by atoms with Crippen molar-refractivity contribution in [1.82, 2.24) is 0 Å². The van der Waals surface area contributed by atoms with Crippen LogP contribution < -0.4 is 0 Å². The van der Waals surface area contributed by atoms with Crippen molar-refractivity contribution >= 4 is 43.1 Å². The van der Waals surface area contributed by atoms with Crippen molar-refractivity contribution in [1.29, 1.82) is 0 Å². The molecular weight excluding hydrogens is 697 g/mol. The van der Waals surface area contributed by atoms with Gasteiger partial charge >= 0.3 is 0 Å². The van der Waals surface area contributed by atoms with Crippen molar-refractivity contribution < 1.29 is 0 Å². The molecule has 0 saturated carbocycles. The van der Waals surface area contributed by atoms with Crippen LogP contribution in [0.3, 0.4) is 0 Å². The smallest absolute Gasteiger partial charge is 0.00262 e. The number of rotatable bonds is 6. The Morgan fingerprint density at radius 1 is 0.293 bits per heavy atom. The summed E-state index contributed by atoms with van der Waals surface area (Å²) in [5.74, 6) is 0. The first-order chi connectivity index (χ1) is 28.5. The quantitative estimate of drug-likeness (QED) is 0.149. The van der Waals surface area contributed by atoms with Crippen LogP contribution in [0.5, 0.6) is 0 Å². The summed E-state index contributed by atoms with van der Waals surface area (Å²) in [4.78, 5) is 0. The van der Waals surface area contributed by atoms with Crippen LogP contribution in [-0.2, 0) is 0 Å². The van der Waals surface area contributed by atoms with Gasteiger partial charge in [-0.1, -0.05) is 197 Å². The molecule has 0 bridgehead atoms. The third-order valence-electron chi connectivity index (χ3n) is 11.9. The molecule has 0 aliphatic carbocycles. The van der Waals surface area contributed by atoms with Crippen molar-refractivity contribution in [3.63, 3.8) is 0 Å². The van der Waals surface area contributed by atoms with Gasteiger partial charge in [0.05, 0.1) is 0 Å². The molecule has 10 aromatic rings. The molecule has 0 spiro atoms. The zero-order valence-electron chi connectivity index (χ0n) is 33.9. The Hall–Kier alpha value is -6.76. The second-order valence-electron chi connectivity index (χ2n) is 15.6. The van der Waals surface area contributed by atoms with Crippen LogP contribution >= 0.6 is 0 Å². The van der Waals surface area contributed by atoms with E-state index in [1.165, 1.54) is 123 Å². The van der Waals surface area contributed by atoms with Crippen molar-refractivity contribution in [2.75, 3.05) is 0 Å². The fraction of sp³-hybridized carbons (Fsp3) is 0.103. The van der Waals surface area contributed by atoms with E-state index in [2.05, 4.69) is 222 Å². The van der Waals surface area contributed by atoms with E-state index in [1.807, 2.05) is 0 Å². The maximum absolute atomic E-state index is 2.38. The highest BCUT2D eigenvalue weighted by atomic mass is 14.2. The molecule has 0 unspecified atom stereocenters. The first kappa shape index (κ1) is 36.9. The van der Waals surface area contributed by atoms with Gasteiger partial charge in [-0.15, -0.1) is 0 Å². The van der Waals surface area contributed by atoms with Gasteiger partial charge in [0.1, 0.15) is 0 Å². The monoisotopic (exact) mass is 744 g/mol. The van der Waals surface area contributed by atoms with Crippen LogP contribution in [0.15, 0.2) is 194 Å². The highest BCUT2D eigenvalue weighted by molar-refractivity contribution is 6.21. The molecule has 0 aliphatic heterocycles. The molecule has 0 heteroatoms. The first-order valence-electron chi connectivity index (χ1n) is 20.8. The van der Waals surface area contributed by atoms with Crippen LogP contribution in [0.4, 0.5) is 0 Å². The molecular formula is C58H48. The summed E-state index contributed by atoms with van der Waals surface area (Å²) in [7, 11) is 0. The topological polar surface area (TPSA) is 0 Å². The number of unbranched alkanes of at least 4 members (excludes halogenated alkanes) is 1. The van der Waals surface area contributed by atoms with Crippen LogP contribution in [-0.4, -0.2) is 0 Å². The van der Waals surface area contributed by atoms with E-state index in [-0.39, 0.29) is 0 Å². The van der Waals surface area contributed by atoms with Gasteiger partial charge in [-0.05, 0) is 148 Å². The molecule has 0 aromatic heterocycles. The number of aryl methyl sites for hydroxylation is 2. The Kier molecular flexibility index (Phi) is 10.2. The summed E-state index contributed by atoms with van der Waals surface area (Å²) in [6, 6.07) is 71.6. The first-order valence-corrected chi connectivity index (χ1v) is 20.8. The fourth-order valence-corrected chi connectivity index (χ4v) is 8.64. The van der Waals surface area contributed by atoms with Gasteiger partial charge < -0.3 is 0 Å². The minimum absolute atomic E-state index is 1.22. The van der Waals surface area contributed by atoms with Gasteiger partial charge in [-0.3, -0.25) is 0 Å². The van der Waals surface area contributed by atoms with E-state index in [0.29, 0.717) is 0 Å². The molecule has 0 nitrogen and oxygen atoms in total. The predicted molar refractivity (Wildman–Crippen MR) is 254 cm³/mol. The summed E-state index contributed by atoms with van der Waals surface area (Å²) >= 11 is 0. The lowest BCUT2D eigenvalue weighted by atomic mass is 9.84. The summed E-state index contributed by atoms with van der Waals surface area (Å²) in [5, 5.41) is 10.2. The Morgan fingerprint density at radius 2 is 0.724 bits per heavy atom. The molecule has 0 radical (unpaired) electrons. The van der Waals surface area contributed by atoms with Crippen LogP contribution in [0.2, 0.25) is 0 Å². The van der Waals surface area contributed by atoms with E-state index in [1.54, 1.807) is 0 Å². The molecule has 0 N–H and O–H groups in total. The zero-order chi connectivity index (χ0) is 39.6. The Balaban J connectivity index is 0.00000104. The van der Waals surface area contributed by atoms with Crippen LogP contribution in [0, 0.1) is 13.8 Å². The number of hydrogen-bond acceptors (Lipinski definition) is 0. The number of hydrogen-bond donors (Lipinski definition) is 0. The van der Waals surface area contributed by atoms with E-state index in [4.69, 9.17) is 0 Å². The Bertz CT molecular complexity index is 3050. The van der Waals surface area contributed by atoms with Gasteiger partial charge in [0, 0.05) is 0 Å². The maximum atomic E-state index is 2.38. The van der Waals surface area contributed by atoms with Gasteiger partial charge in [-0.25, -0.2) is 0 Å². The van der Waals surface area contributed by atoms with Crippen molar-refractivity contribution in [2.45, 2.75) is 40.5 Å². The summed E-state index contributed by atoms with van der Waals surface area (Å²) in [6.07, 6.45) is 2.64. The Morgan fingerprint density at radius 3 is 1.29 bits per heavy atom. The minimum atomic E-state index is 1.22. The normalized spacial score (nSPS) is 11.2. The number of fused-ring (bicyclic) bond motifs is 4. The lowest BCUT2D eigenvalue weighted by molar-refractivity contribution is 0.886. The molecule has 0 amide bonds. The molecule has 0 fully saturated rings. The molecule has 0 atom stereocenters. The molecule has 0 saturated heterocycles. The van der Waals surface area contributed by atoms with Gasteiger partial charge in [0.15, 0.2) is 0 Å². The molecule has 0 heterocycles. The third kappa shape index (κ3) is 6.86. The molecule has 280 valence electrons. The highest BCUT2D eigenvalue weighted by Gasteiger charge is 2.18. The van der Waals surface area contributed by atoms with Crippen LogP contribution in [0.25, 0.3) is 98.7 Å². The lowest BCUT2D eigenvalue weighted by Gasteiger charge is -2.19. The van der Waals surface area contributed by atoms with E-state index in [0.717, 1.165) is 0 Å². The van der Waals surface area contributed by atoms with Crippen LogP contribution in [0.1, 0.15) is 37.8 Å². The minimum Gasteiger partial charge on any atom is -0.0654 e. The predicted octanol–water partition coefficient (Wildman–Crippen LogP) is 17.1. The average Bonchev–Trinajstić information content (AvgIpc) is 3.28. The average molecular weight is 745 g/mol. The molecule has 58 heavy (non-hydrogen) atoms. The Labute approximate surface area is 343 Å². The zero-order valence-corrected chi connectivity index (χ0v) is 33.9. The van der Waals surface area contributed by atoms with Gasteiger partial charge in [0.2, 0.25) is 0 Å². The summed E-state index contributed by atoms with van der Waals surface area (Å²) < 4.78 is 0. The van der Waals surface area contributed by atoms with Gasteiger partial charge in [0.25, 0.3) is 0 Å². The van der Waals surface area contributed by atoms with Crippen molar-refractivity contribution in [3.05, 3.63) is 205 Å². The SMILES string of the molecule is CCCC.Cc1ccc(-c2cccc(-c3c4ccccc4c(-c4cccc(-c5ccc6ccccc6c5)c4)c4ccccc34)c2)cc1-c1ccc2ccccc2c1C. The second-order valence-corrected chi connectivity index (χ2v) is 15.6. The van der Waals surface area contributed by atoms with E-state index >= 15 is 0 Å². The van der Waals surface area contributed by atoms with E-state index < -0.39 is 0 Å². The lowest BCUT2D eigenvalue weighted by Crippen LogP contribution is -1.92. The number of benzene rings is 10. The fourth-order valence-electron chi connectivity index (χ4n) is 8.64. The maximum Gasteiger partial charge on any atom is -0.00262 e. The largest absolute Gasteiger partial charge is 0.0654 e. The third-order valence-corrected chi connectivity index (χ3v) is 11.9.